The Morgan fingerprint density at radius 3 is 2.19 bits per heavy atom. The van der Waals surface area contributed by atoms with E-state index in [4.69, 9.17) is 4.18 Å². The molecule has 12 heteroatoms. The predicted octanol–water partition coefficient (Wildman–Crippen LogP) is 4.62. The molecule has 0 saturated carbocycles. The minimum atomic E-state index is -5.59. The van der Waals surface area contributed by atoms with Crippen LogP contribution in [0.3, 0.4) is 0 Å². The minimum Gasteiger partial charge on any atom is -0.334 e. The highest BCUT2D eigenvalue weighted by Crippen LogP contribution is 2.39. The van der Waals surface area contributed by atoms with Crippen LogP contribution in [-0.4, -0.2) is 48.9 Å². The SMILES string of the molecule is CC(C)(C)CC(=O)OS(=O)(=O)N1CCC(c2ccc(CCC(F)(F)C(F)(F)F)cn2)CC1. The maximum atomic E-state index is 13.0. The fourth-order valence-electron chi connectivity index (χ4n) is 3.28. The molecule has 1 saturated heterocycles. The van der Waals surface area contributed by atoms with Gasteiger partial charge in [0.1, 0.15) is 0 Å². The van der Waals surface area contributed by atoms with Crippen LogP contribution in [0.1, 0.15) is 63.6 Å². The zero-order valence-corrected chi connectivity index (χ0v) is 18.9. The third-order valence-electron chi connectivity index (χ3n) is 5.05. The van der Waals surface area contributed by atoms with Gasteiger partial charge in [-0.05, 0) is 36.3 Å². The van der Waals surface area contributed by atoms with Gasteiger partial charge in [-0.25, -0.2) is 0 Å². The molecule has 0 aromatic carbocycles. The van der Waals surface area contributed by atoms with E-state index in [1.807, 2.05) is 0 Å². The number of nitrogens with zero attached hydrogens (tertiary/aromatic N) is 2. The van der Waals surface area contributed by atoms with Crippen LogP contribution in [0, 0.1) is 5.41 Å². The van der Waals surface area contributed by atoms with Gasteiger partial charge in [0.15, 0.2) is 0 Å². The number of aromatic nitrogens is 1. The number of carbonyl (C=O) groups excluding carboxylic acids is 1. The largest absolute Gasteiger partial charge is 0.453 e. The molecule has 1 aromatic rings. The van der Waals surface area contributed by atoms with Crippen LogP contribution >= 0.6 is 0 Å². The molecule has 0 aliphatic carbocycles. The molecule has 2 heterocycles. The molecule has 0 bridgehead atoms. The fourth-order valence-corrected chi connectivity index (χ4v) is 4.33. The number of piperidine rings is 1. The van der Waals surface area contributed by atoms with Gasteiger partial charge in [-0.3, -0.25) is 9.78 Å². The summed E-state index contributed by atoms with van der Waals surface area (Å²) in [6.45, 7) is 5.57. The van der Waals surface area contributed by atoms with Gasteiger partial charge >= 0.3 is 28.4 Å². The second kappa shape index (κ2) is 9.58. The smallest absolute Gasteiger partial charge is 0.334 e. The average molecular weight is 487 g/mol. The lowest BCUT2D eigenvalue weighted by Gasteiger charge is -2.30. The highest BCUT2D eigenvalue weighted by Gasteiger charge is 2.56. The molecule has 0 atom stereocenters. The molecule has 6 nitrogen and oxygen atoms in total. The Labute approximate surface area is 184 Å². The predicted molar refractivity (Wildman–Crippen MR) is 106 cm³/mol. The summed E-state index contributed by atoms with van der Waals surface area (Å²) in [5.74, 6) is -5.70. The third kappa shape index (κ3) is 7.36. The quantitative estimate of drug-likeness (QED) is 0.526. The minimum absolute atomic E-state index is 0.0478. The first-order valence-electron chi connectivity index (χ1n) is 10.1. The molecule has 1 aliphatic rings. The number of hydrogen-bond donors (Lipinski definition) is 0. The molecule has 1 aromatic heterocycles. The van der Waals surface area contributed by atoms with E-state index < -0.39 is 46.6 Å². The van der Waals surface area contributed by atoms with Crippen LogP contribution in [0.25, 0.3) is 0 Å². The first kappa shape index (κ1) is 26.4. The Bertz CT molecular complexity index is 888. The molecule has 32 heavy (non-hydrogen) atoms. The lowest BCUT2D eigenvalue weighted by Crippen LogP contribution is -2.40. The molecule has 0 amide bonds. The van der Waals surface area contributed by atoms with E-state index in [1.165, 1.54) is 12.3 Å². The summed E-state index contributed by atoms with van der Waals surface area (Å²) >= 11 is 0. The summed E-state index contributed by atoms with van der Waals surface area (Å²) in [5.41, 5.74) is 0.432. The Balaban J connectivity index is 1.90. The van der Waals surface area contributed by atoms with Crippen molar-refractivity contribution in [2.24, 2.45) is 5.41 Å². The second-order valence-electron chi connectivity index (χ2n) is 9.12. The highest BCUT2D eigenvalue weighted by atomic mass is 32.2. The maximum Gasteiger partial charge on any atom is 0.453 e. The summed E-state index contributed by atoms with van der Waals surface area (Å²) in [6, 6.07) is 3.01. The first-order chi connectivity index (χ1) is 14.5. The molecule has 1 aliphatic heterocycles. The molecule has 0 N–H and O–H groups in total. The normalized spacial score (nSPS) is 17.4. The second-order valence-corrected chi connectivity index (χ2v) is 10.7. The highest BCUT2D eigenvalue weighted by molar-refractivity contribution is 7.84. The zero-order chi connectivity index (χ0) is 24.4. The van der Waals surface area contributed by atoms with Crippen molar-refractivity contribution in [3.8, 4) is 0 Å². The van der Waals surface area contributed by atoms with Crippen LogP contribution in [0.5, 0.6) is 0 Å². The molecule has 1 fully saturated rings. The van der Waals surface area contributed by atoms with E-state index in [9.17, 15) is 35.2 Å². The lowest BCUT2D eigenvalue weighted by atomic mass is 9.93. The Hall–Kier alpha value is -1.82. The number of alkyl halides is 5. The monoisotopic (exact) mass is 486 g/mol. The number of halogens is 5. The number of aryl methyl sites for hydroxylation is 1. The van der Waals surface area contributed by atoms with Gasteiger partial charge in [0, 0.05) is 37.3 Å². The molecular weight excluding hydrogens is 459 g/mol. The van der Waals surface area contributed by atoms with Gasteiger partial charge in [0.05, 0.1) is 6.42 Å². The van der Waals surface area contributed by atoms with E-state index in [1.54, 1.807) is 26.8 Å². The molecular formula is C20H27F5N2O4S. The Morgan fingerprint density at radius 1 is 1.12 bits per heavy atom. The Morgan fingerprint density at radius 2 is 1.72 bits per heavy atom. The van der Waals surface area contributed by atoms with E-state index in [-0.39, 0.29) is 31.0 Å². The van der Waals surface area contributed by atoms with Gasteiger partial charge in [-0.15, -0.1) is 0 Å². The summed E-state index contributed by atoms with van der Waals surface area (Å²) in [5, 5.41) is 0. The summed E-state index contributed by atoms with van der Waals surface area (Å²) in [4.78, 5) is 16.0. The van der Waals surface area contributed by atoms with Crippen LogP contribution in [0.2, 0.25) is 0 Å². The van der Waals surface area contributed by atoms with Gasteiger partial charge in [0.25, 0.3) is 0 Å². The van der Waals surface area contributed by atoms with Crippen molar-refractivity contribution in [3.63, 3.8) is 0 Å². The van der Waals surface area contributed by atoms with Gasteiger partial charge < -0.3 is 4.18 Å². The number of pyridine rings is 1. The third-order valence-corrected chi connectivity index (χ3v) is 6.45. The van der Waals surface area contributed by atoms with Crippen LogP contribution in [-0.2, 0) is 25.7 Å². The topological polar surface area (TPSA) is 76.6 Å². The Kier molecular flexibility index (Phi) is 7.91. The van der Waals surface area contributed by atoms with Crippen molar-refractivity contribution in [2.45, 2.75) is 70.9 Å². The zero-order valence-electron chi connectivity index (χ0n) is 18.1. The molecule has 182 valence electrons. The molecule has 0 spiro atoms. The van der Waals surface area contributed by atoms with Gasteiger partial charge in [0.2, 0.25) is 0 Å². The van der Waals surface area contributed by atoms with Crippen molar-refractivity contribution in [2.75, 3.05) is 13.1 Å². The average Bonchev–Trinajstić information content (AvgIpc) is 2.64. The van der Waals surface area contributed by atoms with Gasteiger partial charge in [-0.2, -0.15) is 34.7 Å². The fraction of sp³-hybridized carbons (Fsp3) is 0.700. The summed E-state index contributed by atoms with van der Waals surface area (Å²) in [6.07, 6.45) is -5.41. The summed E-state index contributed by atoms with van der Waals surface area (Å²) in [7, 11) is -4.20. The van der Waals surface area contributed by atoms with Crippen LogP contribution in [0.15, 0.2) is 18.3 Å². The van der Waals surface area contributed by atoms with Crippen LogP contribution < -0.4 is 0 Å². The standard InChI is InChI=1S/C20H27F5N2O4S/c1-18(2,3)12-17(28)31-32(29,30)27-10-7-15(8-11-27)16-5-4-14(13-26-16)6-9-19(21,22)20(23,24)25/h4-5,13,15H,6-12H2,1-3H3. The lowest BCUT2D eigenvalue weighted by molar-refractivity contribution is -0.284. The van der Waals surface area contributed by atoms with Crippen molar-refractivity contribution in [3.05, 3.63) is 29.6 Å². The van der Waals surface area contributed by atoms with Gasteiger partial charge in [-0.1, -0.05) is 26.8 Å². The van der Waals surface area contributed by atoms with E-state index >= 15 is 0 Å². The maximum absolute atomic E-state index is 13.0. The molecule has 0 unspecified atom stereocenters. The van der Waals surface area contributed by atoms with E-state index in [0.29, 0.717) is 18.5 Å². The van der Waals surface area contributed by atoms with Crippen molar-refractivity contribution < 1.29 is 39.3 Å². The summed E-state index contributed by atoms with van der Waals surface area (Å²) < 4.78 is 93.3. The number of carbonyl (C=O) groups is 1. The van der Waals surface area contributed by atoms with Crippen molar-refractivity contribution in [1.82, 2.24) is 9.29 Å². The van der Waals surface area contributed by atoms with Crippen molar-refractivity contribution >= 4 is 16.3 Å². The van der Waals surface area contributed by atoms with Crippen LogP contribution in [0.4, 0.5) is 22.0 Å². The van der Waals surface area contributed by atoms with E-state index in [2.05, 4.69) is 4.98 Å². The molecule has 2 rings (SSSR count). The molecule has 0 radical (unpaired) electrons. The van der Waals surface area contributed by atoms with E-state index in [0.717, 1.165) is 4.31 Å². The number of hydrogen-bond acceptors (Lipinski definition) is 5. The number of rotatable bonds is 7. The first-order valence-corrected chi connectivity index (χ1v) is 11.5. The van der Waals surface area contributed by atoms with Crippen molar-refractivity contribution in [1.29, 1.82) is 0 Å².